The van der Waals surface area contributed by atoms with E-state index in [1.165, 1.54) is 16.8 Å². The Kier molecular flexibility index (Phi) is 3.21. The minimum Gasteiger partial charge on any atom is -0.478 e. The summed E-state index contributed by atoms with van der Waals surface area (Å²) < 4.78 is 15.6. The molecule has 106 valence electrons. The quantitative estimate of drug-likeness (QED) is 0.770. The van der Waals surface area contributed by atoms with Gasteiger partial charge in [0.05, 0.1) is 21.2 Å². The molecule has 0 aliphatic rings. The molecule has 1 N–H and O–H groups in total. The van der Waals surface area contributed by atoms with Gasteiger partial charge in [-0.15, -0.1) is 5.10 Å². The second-order valence-corrected chi connectivity index (χ2v) is 5.39. The summed E-state index contributed by atoms with van der Waals surface area (Å²) in [6, 6.07) is 7.73. The monoisotopic (exact) mass is 349 g/mol. The normalized spacial score (nSPS) is 11.0. The van der Waals surface area contributed by atoms with Crippen LogP contribution in [0.4, 0.5) is 4.39 Å². The van der Waals surface area contributed by atoms with Gasteiger partial charge in [-0.05, 0) is 46.6 Å². The average molecular weight is 350 g/mol. The standard InChI is InChI=1S/C14H9BrFN3O2/c1-7-5-9(15)10(16)6-12(7)19-11-4-2-3-8(14(20)21)13(11)17-18-19/h2-6H,1H3,(H,20,21). The maximum absolute atomic E-state index is 13.8. The zero-order valence-electron chi connectivity index (χ0n) is 10.8. The molecular weight excluding hydrogens is 341 g/mol. The van der Waals surface area contributed by atoms with E-state index in [4.69, 9.17) is 5.11 Å². The lowest BCUT2D eigenvalue weighted by Gasteiger charge is -2.08. The van der Waals surface area contributed by atoms with Crippen LogP contribution in [0.25, 0.3) is 16.7 Å². The fourth-order valence-electron chi connectivity index (χ4n) is 2.16. The van der Waals surface area contributed by atoms with Crippen molar-refractivity contribution in [3.05, 3.63) is 51.7 Å². The van der Waals surface area contributed by atoms with Gasteiger partial charge >= 0.3 is 5.97 Å². The van der Waals surface area contributed by atoms with Crippen LogP contribution >= 0.6 is 15.9 Å². The molecule has 0 atom stereocenters. The number of halogens is 2. The van der Waals surface area contributed by atoms with Crippen molar-refractivity contribution in [3.63, 3.8) is 0 Å². The number of aryl methyl sites for hydroxylation is 1. The van der Waals surface area contributed by atoms with Crippen LogP contribution in [0.3, 0.4) is 0 Å². The van der Waals surface area contributed by atoms with E-state index in [-0.39, 0.29) is 11.1 Å². The summed E-state index contributed by atoms with van der Waals surface area (Å²) in [6.45, 7) is 1.81. The number of hydrogen-bond donors (Lipinski definition) is 1. The number of benzene rings is 2. The molecule has 7 heteroatoms. The number of carboxylic acid groups (broad SMARTS) is 1. The van der Waals surface area contributed by atoms with Gasteiger partial charge in [-0.2, -0.15) is 0 Å². The summed E-state index contributed by atoms with van der Waals surface area (Å²) >= 11 is 3.13. The van der Waals surface area contributed by atoms with E-state index in [9.17, 15) is 9.18 Å². The molecule has 21 heavy (non-hydrogen) atoms. The predicted molar refractivity (Wildman–Crippen MR) is 78.2 cm³/mol. The lowest BCUT2D eigenvalue weighted by Crippen LogP contribution is -2.01. The molecule has 2 aromatic carbocycles. The third-order valence-corrected chi connectivity index (χ3v) is 3.78. The van der Waals surface area contributed by atoms with E-state index in [2.05, 4.69) is 26.2 Å². The van der Waals surface area contributed by atoms with Crippen LogP contribution in [0.2, 0.25) is 0 Å². The zero-order valence-corrected chi connectivity index (χ0v) is 12.4. The van der Waals surface area contributed by atoms with E-state index in [0.717, 1.165) is 5.56 Å². The van der Waals surface area contributed by atoms with Crippen LogP contribution in [0.5, 0.6) is 0 Å². The van der Waals surface area contributed by atoms with Crippen LogP contribution < -0.4 is 0 Å². The fraction of sp³-hybridized carbons (Fsp3) is 0.0714. The highest BCUT2D eigenvalue weighted by Crippen LogP contribution is 2.26. The Bertz CT molecular complexity index is 876. The smallest absolute Gasteiger partial charge is 0.338 e. The first-order valence-electron chi connectivity index (χ1n) is 6.03. The highest BCUT2D eigenvalue weighted by atomic mass is 79.9. The maximum Gasteiger partial charge on any atom is 0.338 e. The van der Waals surface area contributed by atoms with Gasteiger partial charge < -0.3 is 5.11 Å². The van der Waals surface area contributed by atoms with Gasteiger partial charge in [0.2, 0.25) is 0 Å². The van der Waals surface area contributed by atoms with Gasteiger partial charge in [-0.1, -0.05) is 11.3 Å². The van der Waals surface area contributed by atoms with Crippen LogP contribution in [0.15, 0.2) is 34.8 Å². The Morgan fingerprint density at radius 3 is 2.86 bits per heavy atom. The van der Waals surface area contributed by atoms with E-state index < -0.39 is 11.8 Å². The Morgan fingerprint density at radius 2 is 2.14 bits per heavy atom. The van der Waals surface area contributed by atoms with Crippen molar-refractivity contribution < 1.29 is 14.3 Å². The summed E-state index contributed by atoms with van der Waals surface area (Å²) in [6.07, 6.45) is 0. The van der Waals surface area contributed by atoms with Crippen LogP contribution in [0, 0.1) is 12.7 Å². The molecule has 0 fully saturated rings. The number of carbonyl (C=O) groups is 1. The first-order chi connectivity index (χ1) is 9.99. The van der Waals surface area contributed by atoms with E-state index in [1.807, 2.05) is 6.92 Å². The Labute approximate surface area is 127 Å². The molecule has 0 amide bonds. The zero-order chi connectivity index (χ0) is 15.1. The maximum atomic E-state index is 13.8. The largest absolute Gasteiger partial charge is 0.478 e. The van der Waals surface area contributed by atoms with Crippen molar-refractivity contribution in [2.75, 3.05) is 0 Å². The van der Waals surface area contributed by atoms with E-state index in [0.29, 0.717) is 15.7 Å². The molecule has 0 saturated heterocycles. The van der Waals surface area contributed by atoms with Gasteiger partial charge in [0.1, 0.15) is 11.3 Å². The second kappa shape index (κ2) is 4.92. The molecule has 0 aliphatic heterocycles. The molecule has 3 aromatic rings. The first kappa shape index (κ1) is 13.7. The summed E-state index contributed by atoms with van der Waals surface area (Å²) in [4.78, 5) is 11.2. The number of aromatic carboxylic acids is 1. The highest BCUT2D eigenvalue weighted by Gasteiger charge is 2.16. The first-order valence-corrected chi connectivity index (χ1v) is 6.82. The Balaban J connectivity index is 2.30. The number of nitrogens with zero attached hydrogens (tertiary/aromatic N) is 3. The Hall–Kier alpha value is -2.28. The molecule has 0 unspecified atom stereocenters. The molecule has 1 heterocycles. The van der Waals surface area contributed by atoms with E-state index in [1.54, 1.807) is 18.2 Å². The molecule has 1 aromatic heterocycles. The molecule has 3 rings (SSSR count). The number of fused-ring (bicyclic) bond motifs is 1. The molecule has 0 saturated carbocycles. The SMILES string of the molecule is Cc1cc(Br)c(F)cc1-n1nnc2c(C(=O)O)cccc21. The molecule has 0 radical (unpaired) electrons. The number of aromatic nitrogens is 3. The second-order valence-electron chi connectivity index (χ2n) is 4.53. The van der Waals surface area contributed by atoms with Crippen molar-refractivity contribution in [2.45, 2.75) is 6.92 Å². The number of rotatable bonds is 2. The van der Waals surface area contributed by atoms with Gasteiger partial charge in [0, 0.05) is 6.07 Å². The van der Waals surface area contributed by atoms with Crippen molar-refractivity contribution in [2.24, 2.45) is 0 Å². The minimum absolute atomic E-state index is 0.0639. The van der Waals surface area contributed by atoms with Gasteiger partial charge in [0.15, 0.2) is 0 Å². The summed E-state index contributed by atoms with van der Waals surface area (Å²) in [5, 5.41) is 17.0. The molecule has 5 nitrogen and oxygen atoms in total. The van der Waals surface area contributed by atoms with Crippen molar-refractivity contribution in [1.82, 2.24) is 15.0 Å². The fourth-order valence-corrected chi connectivity index (χ4v) is 2.62. The summed E-state index contributed by atoms with van der Waals surface area (Å²) in [5.74, 6) is -1.50. The lowest BCUT2D eigenvalue weighted by molar-refractivity contribution is 0.0699. The van der Waals surface area contributed by atoms with Gasteiger partial charge in [-0.3, -0.25) is 0 Å². The predicted octanol–water partition coefficient (Wildman–Crippen LogP) is 3.33. The van der Waals surface area contributed by atoms with Gasteiger partial charge in [-0.25, -0.2) is 13.9 Å². The minimum atomic E-state index is -1.08. The number of hydrogen-bond acceptors (Lipinski definition) is 3. The molecular formula is C14H9BrFN3O2. The van der Waals surface area contributed by atoms with Crippen molar-refractivity contribution >= 4 is 32.9 Å². The van der Waals surface area contributed by atoms with Crippen molar-refractivity contribution in [3.8, 4) is 5.69 Å². The van der Waals surface area contributed by atoms with Crippen LogP contribution in [-0.4, -0.2) is 26.1 Å². The lowest BCUT2D eigenvalue weighted by atomic mass is 10.1. The van der Waals surface area contributed by atoms with E-state index >= 15 is 0 Å². The van der Waals surface area contributed by atoms with Crippen LogP contribution in [0.1, 0.15) is 15.9 Å². The average Bonchev–Trinajstić information content (AvgIpc) is 2.86. The van der Waals surface area contributed by atoms with Crippen LogP contribution in [-0.2, 0) is 0 Å². The number of carboxylic acids is 1. The summed E-state index contributed by atoms with van der Waals surface area (Å²) in [5.41, 5.74) is 2.15. The van der Waals surface area contributed by atoms with Gasteiger partial charge in [0.25, 0.3) is 0 Å². The third-order valence-electron chi connectivity index (χ3n) is 3.17. The topological polar surface area (TPSA) is 68.0 Å². The molecule has 0 spiro atoms. The highest BCUT2D eigenvalue weighted by molar-refractivity contribution is 9.10. The summed E-state index contributed by atoms with van der Waals surface area (Å²) in [7, 11) is 0. The molecule has 0 aliphatic carbocycles. The third kappa shape index (κ3) is 2.19. The Morgan fingerprint density at radius 1 is 1.38 bits per heavy atom. The molecule has 0 bridgehead atoms. The van der Waals surface area contributed by atoms with Crippen molar-refractivity contribution in [1.29, 1.82) is 0 Å².